The summed E-state index contributed by atoms with van der Waals surface area (Å²) in [5.41, 5.74) is 2.00. The molecule has 1 heterocycles. The van der Waals surface area contributed by atoms with Crippen LogP contribution in [-0.2, 0) is 6.54 Å². The van der Waals surface area contributed by atoms with Gasteiger partial charge in [0.15, 0.2) is 17.3 Å². The van der Waals surface area contributed by atoms with Crippen molar-refractivity contribution in [2.75, 3.05) is 14.2 Å². The van der Waals surface area contributed by atoms with E-state index in [2.05, 4.69) is 26.4 Å². The second-order valence-electron chi connectivity index (χ2n) is 5.45. The molecule has 7 heteroatoms. The van der Waals surface area contributed by atoms with E-state index < -0.39 is 0 Å². The van der Waals surface area contributed by atoms with Crippen LogP contribution in [0.25, 0.3) is 11.3 Å². The highest BCUT2D eigenvalue weighted by Crippen LogP contribution is 2.32. The van der Waals surface area contributed by atoms with Crippen molar-refractivity contribution in [3.8, 4) is 22.8 Å². The summed E-state index contributed by atoms with van der Waals surface area (Å²) in [7, 11) is 3.16. The Hall–Kier alpha value is -2.80. The number of hydrogen-bond donors (Lipinski definition) is 1. The third-order valence-corrected chi connectivity index (χ3v) is 4.24. The summed E-state index contributed by atoms with van der Waals surface area (Å²) in [5.74, 6) is 1.64. The van der Waals surface area contributed by atoms with Crippen molar-refractivity contribution >= 4 is 21.8 Å². The molecule has 0 spiro atoms. The Kier molecular flexibility index (Phi) is 5.58. The van der Waals surface area contributed by atoms with Crippen LogP contribution in [0, 0.1) is 0 Å². The predicted octanol–water partition coefficient (Wildman–Crippen LogP) is 4.05. The lowest BCUT2D eigenvalue weighted by molar-refractivity contribution is 0.0950. The largest absolute Gasteiger partial charge is 0.493 e. The normalized spacial score (nSPS) is 10.4. The first-order valence-corrected chi connectivity index (χ1v) is 8.62. The maximum atomic E-state index is 12.2. The fraction of sp³-hybridized carbons (Fsp3) is 0.158. The van der Waals surface area contributed by atoms with E-state index >= 15 is 0 Å². The SMILES string of the molecule is COc1ccc(-c2cc(CNC(=O)c3cccc(Br)c3)no2)cc1OC. The summed E-state index contributed by atoms with van der Waals surface area (Å²) >= 11 is 3.35. The molecule has 0 unspecified atom stereocenters. The molecule has 134 valence electrons. The molecule has 1 N–H and O–H groups in total. The Labute approximate surface area is 159 Å². The smallest absolute Gasteiger partial charge is 0.251 e. The van der Waals surface area contributed by atoms with Crippen molar-refractivity contribution in [3.05, 3.63) is 64.3 Å². The van der Waals surface area contributed by atoms with Crippen LogP contribution < -0.4 is 14.8 Å². The third-order valence-electron chi connectivity index (χ3n) is 3.74. The molecule has 0 bridgehead atoms. The van der Waals surface area contributed by atoms with Gasteiger partial charge in [0.05, 0.1) is 20.8 Å². The molecule has 1 aromatic heterocycles. The summed E-state index contributed by atoms with van der Waals surface area (Å²) in [6, 6.07) is 14.4. The Balaban J connectivity index is 1.69. The van der Waals surface area contributed by atoms with Gasteiger partial charge >= 0.3 is 0 Å². The number of benzene rings is 2. The molecular weight excluding hydrogens is 400 g/mol. The van der Waals surface area contributed by atoms with E-state index in [4.69, 9.17) is 14.0 Å². The fourth-order valence-corrected chi connectivity index (χ4v) is 2.82. The van der Waals surface area contributed by atoms with Gasteiger partial charge in [0, 0.05) is 21.7 Å². The van der Waals surface area contributed by atoms with Gasteiger partial charge in [0.25, 0.3) is 5.91 Å². The second kappa shape index (κ2) is 8.05. The molecule has 3 aromatic rings. The van der Waals surface area contributed by atoms with Crippen LogP contribution >= 0.6 is 15.9 Å². The average molecular weight is 417 g/mol. The van der Waals surface area contributed by atoms with Gasteiger partial charge in [-0.25, -0.2) is 0 Å². The van der Waals surface area contributed by atoms with Crippen molar-refractivity contribution in [1.29, 1.82) is 0 Å². The van der Waals surface area contributed by atoms with Gasteiger partial charge in [-0.15, -0.1) is 0 Å². The first kappa shape index (κ1) is 18.0. The van der Waals surface area contributed by atoms with E-state index in [1.165, 1.54) is 0 Å². The van der Waals surface area contributed by atoms with Gasteiger partial charge in [-0.3, -0.25) is 4.79 Å². The highest BCUT2D eigenvalue weighted by molar-refractivity contribution is 9.10. The van der Waals surface area contributed by atoms with Gasteiger partial charge < -0.3 is 19.3 Å². The molecular formula is C19H17BrN2O4. The Morgan fingerprint density at radius 1 is 1.12 bits per heavy atom. The molecule has 0 aliphatic carbocycles. The Morgan fingerprint density at radius 2 is 1.92 bits per heavy atom. The lowest BCUT2D eigenvalue weighted by Gasteiger charge is -2.07. The molecule has 0 fully saturated rings. The van der Waals surface area contributed by atoms with Crippen LogP contribution in [0.2, 0.25) is 0 Å². The van der Waals surface area contributed by atoms with E-state index in [-0.39, 0.29) is 12.5 Å². The van der Waals surface area contributed by atoms with Crippen molar-refractivity contribution in [2.45, 2.75) is 6.54 Å². The van der Waals surface area contributed by atoms with Crippen LogP contribution in [-0.4, -0.2) is 25.3 Å². The molecule has 6 nitrogen and oxygen atoms in total. The van der Waals surface area contributed by atoms with Crippen LogP contribution in [0.1, 0.15) is 16.1 Å². The Bertz CT molecular complexity index is 923. The molecule has 0 saturated heterocycles. The number of aromatic nitrogens is 1. The lowest BCUT2D eigenvalue weighted by Crippen LogP contribution is -2.22. The van der Waals surface area contributed by atoms with Crippen LogP contribution in [0.5, 0.6) is 11.5 Å². The van der Waals surface area contributed by atoms with Crippen molar-refractivity contribution in [3.63, 3.8) is 0 Å². The van der Waals surface area contributed by atoms with Crippen LogP contribution in [0.4, 0.5) is 0 Å². The summed E-state index contributed by atoms with van der Waals surface area (Å²) < 4.78 is 16.7. The number of hydrogen-bond acceptors (Lipinski definition) is 5. The van der Waals surface area contributed by atoms with Gasteiger partial charge in [-0.2, -0.15) is 0 Å². The third kappa shape index (κ3) is 4.05. The zero-order valence-electron chi connectivity index (χ0n) is 14.3. The number of nitrogens with one attached hydrogen (secondary N) is 1. The molecule has 0 aliphatic rings. The number of ether oxygens (including phenoxy) is 2. The van der Waals surface area contributed by atoms with Gasteiger partial charge in [0.1, 0.15) is 5.69 Å². The van der Waals surface area contributed by atoms with Gasteiger partial charge in [-0.05, 0) is 36.4 Å². The number of methoxy groups -OCH3 is 2. The van der Waals surface area contributed by atoms with E-state index in [1.807, 2.05) is 24.3 Å². The number of halogens is 1. The molecule has 26 heavy (non-hydrogen) atoms. The monoisotopic (exact) mass is 416 g/mol. The van der Waals surface area contributed by atoms with E-state index in [9.17, 15) is 4.79 Å². The number of nitrogens with zero attached hydrogens (tertiary/aromatic N) is 1. The zero-order chi connectivity index (χ0) is 18.5. The molecule has 0 saturated carbocycles. The minimum Gasteiger partial charge on any atom is -0.493 e. The Morgan fingerprint density at radius 3 is 2.65 bits per heavy atom. The molecule has 3 rings (SSSR count). The van der Waals surface area contributed by atoms with Crippen molar-refractivity contribution < 1.29 is 18.8 Å². The molecule has 0 radical (unpaired) electrons. The quantitative estimate of drug-likeness (QED) is 0.655. The number of amides is 1. The van der Waals surface area contributed by atoms with Gasteiger partial charge in [-0.1, -0.05) is 27.2 Å². The standard InChI is InChI=1S/C19H17BrN2O4/c1-24-16-7-6-12(9-18(16)25-2)17-10-15(22-26-17)11-21-19(23)13-4-3-5-14(20)8-13/h3-10H,11H2,1-2H3,(H,21,23). The maximum Gasteiger partial charge on any atom is 0.251 e. The fourth-order valence-electron chi connectivity index (χ4n) is 2.42. The van der Waals surface area contributed by atoms with Crippen molar-refractivity contribution in [1.82, 2.24) is 10.5 Å². The minimum atomic E-state index is -0.179. The average Bonchev–Trinajstić information content (AvgIpc) is 3.14. The lowest BCUT2D eigenvalue weighted by atomic mass is 10.1. The summed E-state index contributed by atoms with van der Waals surface area (Å²) in [6.45, 7) is 0.266. The molecule has 2 aromatic carbocycles. The number of carbonyl (C=O) groups is 1. The maximum absolute atomic E-state index is 12.2. The van der Waals surface area contributed by atoms with E-state index in [1.54, 1.807) is 38.5 Å². The highest BCUT2D eigenvalue weighted by Gasteiger charge is 2.12. The summed E-state index contributed by atoms with van der Waals surface area (Å²) in [4.78, 5) is 12.2. The first-order valence-electron chi connectivity index (χ1n) is 7.82. The first-order chi connectivity index (χ1) is 12.6. The predicted molar refractivity (Wildman–Crippen MR) is 100 cm³/mol. The molecule has 0 atom stereocenters. The second-order valence-corrected chi connectivity index (χ2v) is 6.36. The number of carbonyl (C=O) groups excluding carboxylic acids is 1. The van der Waals surface area contributed by atoms with E-state index in [0.29, 0.717) is 28.5 Å². The van der Waals surface area contributed by atoms with E-state index in [0.717, 1.165) is 10.0 Å². The van der Waals surface area contributed by atoms with Gasteiger partial charge in [0.2, 0.25) is 0 Å². The number of rotatable bonds is 6. The van der Waals surface area contributed by atoms with Crippen LogP contribution in [0.3, 0.4) is 0 Å². The molecule has 0 aliphatic heterocycles. The zero-order valence-corrected chi connectivity index (χ0v) is 15.9. The summed E-state index contributed by atoms with van der Waals surface area (Å²) in [6.07, 6.45) is 0. The topological polar surface area (TPSA) is 73.6 Å². The summed E-state index contributed by atoms with van der Waals surface area (Å²) in [5, 5.41) is 6.82. The molecule has 1 amide bonds. The minimum absolute atomic E-state index is 0.179. The van der Waals surface area contributed by atoms with Crippen molar-refractivity contribution in [2.24, 2.45) is 0 Å². The van der Waals surface area contributed by atoms with Crippen LogP contribution in [0.15, 0.2) is 57.5 Å². The highest BCUT2D eigenvalue weighted by atomic mass is 79.9.